The van der Waals surface area contributed by atoms with Gasteiger partial charge in [0.2, 0.25) is 0 Å². The zero-order chi connectivity index (χ0) is 11.5. The third-order valence-electron chi connectivity index (χ3n) is 3.02. The molecule has 0 aromatic carbocycles. The van der Waals surface area contributed by atoms with Gasteiger partial charge in [0, 0.05) is 19.4 Å². The monoisotopic (exact) mass is 224 g/mol. The van der Waals surface area contributed by atoms with Crippen LogP contribution in [0.4, 0.5) is 0 Å². The molecular weight excluding hydrogens is 204 g/mol. The van der Waals surface area contributed by atoms with Crippen molar-refractivity contribution in [2.45, 2.75) is 31.7 Å². The van der Waals surface area contributed by atoms with E-state index in [-0.39, 0.29) is 12.6 Å². The molecule has 1 aromatic rings. The van der Waals surface area contributed by atoms with E-state index in [1.54, 1.807) is 0 Å². The summed E-state index contributed by atoms with van der Waals surface area (Å²) in [6.07, 6.45) is 3.99. The summed E-state index contributed by atoms with van der Waals surface area (Å²) in [5.41, 5.74) is 0. The third-order valence-corrected chi connectivity index (χ3v) is 3.02. The van der Waals surface area contributed by atoms with Gasteiger partial charge in [-0.1, -0.05) is 0 Å². The molecule has 0 spiro atoms. The number of nitrogens with zero attached hydrogens (tertiary/aromatic N) is 4. The number of aryl methyl sites for hydroxylation is 1. The molecule has 0 saturated heterocycles. The smallest absolute Gasteiger partial charge is 0.152 e. The van der Waals surface area contributed by atoms with Gasteiger partial charge >= 0.3 is 0 Å². The SMILES string of the molecule is CN(C)CCc1nc2n(n1)C(CO)CCC2. The summed E-state index contributed by atoms with van der Waals surface area (Å²) < 4.78 is 1.93. The molecule has 0 aliphatic carbocycles. The average molecular weight is 224 g/mol. The van der Waals surface area contributed by atoms with Gasteiger partial charge in [0.15, 0.2) is 5.82 Å². The van der Waals surface area contributed by atoms with E-state index in [0.29, 0.717) is 0 Å². The minimum Gasteiger partial charge on any atom is -0.394 e. The summed E-state index contributed by atoms with van der Waals surface area (Å²) >= 11 is 0. The van der Waals surface area contributed by atoms with Crippen LogP contribution in [0, 0.1) is 0 Å². The van der Waals surface area contributed by atoms with Crippen LogP contribution in [0.25, 0.3) is 0 Å². The number of hydrogen-bond acceptors (Lipinski definition) is 4. The number of aliphatic hydroxyl groups is 1. The van der Waals surface area contributed by atoms with Gasteiger partial charge in [-0.15, -0.1) is 0 Å². The molecule has 1 aromatic heterocycles. The van der Waals surface area contributed by atoms with Crippen LogP contribution in [-0.2, 0) is 12.8 Å². The summed E-state index contributed by atoms with van der Waals surface area (Å²) in [5, 5.41) is 13.8. The van der Waals surface area contributed by atoms with Crippen molar-refractivity contribution in [3.8, 4) is 0 Å². The molecule has 2 rings (SSSR count). The van der Waals surface area contributed by atoms with Crippen LogP contribution < -0.4 is 0 Å². The van der Waals surface area contributed by atoms with E-state index in [4.69, 9.17) is 0 Å². The molecule has 0 radical (unpaired) electrons. The average Bonchev–Trinajstić information content (AvgIpc) is 2.68. The molecule has 0 fully saturated rings. The first-order valence-corrected chi connectivity index (χ1v) is 5.90. The second kappa shape index (κ2) is 4.93. The Morgan fingerprint density at radius 2 is 2.31 bits per heavy atom. The minimum atomic E-state index is 0.143. The highest BCUT2D eigenvalue weighted by Gasteiger charge is 2.22. The summed E-state index contributed by atoms with van der Waals surface area (Å²) in [4.78, 5) is 6.66. The maximum Gasteiger partial charge on any atom is 0.152 e. The first-order chi connectivity index (χ1) is 7.70. The van der Waals surface area contributed by atoms with Crippen molar-refractivity contribution in [1.29, 1.82) is 0 Å². The first kappa shape index (κ1) is 11.5. The Hall–Kier alpha value is -0.940. The molecule has 5 heteroatoms. The van der Waals surface area contributed by atoms with E-state index in [1.807, 2.05) is 18.8 Å². The van der Waals surface area contributed by atoms with Crippen LogP contribution in [0.1, 0.15) is 30.5 Å². The van der Waals surface area contributed by atoms with Gasteiger partial charge in [0.25, 0.3) is 0 Å². The maximum absolute atomic E-state index is 9.27. The Balaban J connectivity index is 2.09. The third kappa shape index (κ3) is 2.41. The molecule has 1 aliphatic rings. The standard InChI is InChI=1S/C11H20N4O/c1-14(2)7-6-10-12-11-5-3-4-9(8-16)15(11)13-10/h9,16H,3-8H2,1-2H3. The summed E-state index contributed by atoms with van der Waals surface area (Å²) in [5.74, 6) is 1.95. The lowest BCUT2D eigenvalue weighted by Crippen LogP contribution is -2.22. The fourth-order valence-electron chi connectivity index (χ4n) is 2.08. The van der Waals surface area contributed by atoms with Crippen LogP contribution in [-0.4, -0.2) is 52.0 Å². The second-order valence-corrected chi connectivity index (χ2v) is 4.67. The van der Waals surface area contributed by atoms with Crippen molar-refractivity contribution < 1.29 is 5.11 Å². The van der Waals surface area contributed by atoms with Gasteiger partial charge in [-0.05, 0) is 26.9 Å². The highest BCUT2D eigenvalue weighted by atomic mass is 16.3. The Morgan fingerprint density at radius 3 is 3.00 bits per heavy atom. The van der Waals surface area contributed by atoms with Crippen molar-refractivity contribution in [3.63, 3.8) is 0 Å². The number of aliphatic hydroxyl groups excluding tert-OH is 1. The van der Waals surface area contributed by atoms with E-state index >= 15 is 0 Å². The lowest BCUT2D eigenvalue weighted by Gasteiger charge is -2.20. The number of likely N-dealkylation sites (N-methyl/N-ethyl adjacent to an activating group) is 1. The summed E-state index contributed by atoms with van der Waals surface area (Å²) in [6, 6.07) is 0.143. The van der Waals surface area contributed by atoms with E-state index in [0.717, 1.165) is 43.9 Å². The molecule has 0 saturated carbocycles. The molecule has 5 nitrogen and oxygen atoms in total. The predicted octanol–water partition coefficient (Wildman–Crippen LogP) is 0.252. The van der Waals surface area contributed by atoms with Gasteiger partial charge in [0.05, 0.1) is 12.6 Å². The number of rotatable bonds is 4. The molecule has 1 unspecified atom stereocenters. The molecule has 90 valence electrons. The minimum absolute atomic E-state index is 0.143. The van der Waals surface area contributed by atoms with Gasteiger partial charge in [-0.2, -0.15) is 5.10 Å². The van der Waals surface area contributed by atoms with Crippen molar-refractivity contribution in [2.24, 2.45) is 0 Å². The maximum atomic E-state index is 9.27. The van der Waals surface area contributed by atoms with E-state index < -0.39 is 0 Å². The van der Waals surface area contributed by atoms with Crippen LogP contribution in [0.15, 0.2) is 0 Å². The van der Waals surface area contributed by atoms with Crippen LogP contribution in [0.2, 0.25) is 0 Å². The Kier molecular flexibility index (Phi) is 3.56. The van der Waals surface area contributed by atoms with Crippen LogP contribution in [0.3, 0.4) is 0 Å². The molecule has 2 heterocycles. The van der Waals surface area contributed by atoms with Crippen molar-refractivity contribution in [3.05, 3.63) is 11.6 Å². The number of aromatic nitrogens is 3. The molecule has 1 atom stereocenters. The van der Waals surface area contributed by atoms with Crippen molar-refractivity contribution in [1.82, 2.24) is 19.7 Å². The van der Waals surface area contributed by atoms with Gasteiger partial charge < -0.3 is 10.0 Å². The van der Waals surface area contributed by atoms with Crippen molar-refractivity contribution in [2.75, 3.05) is 27.2 Å². The molecular formula is C11H20N4O. The van der Waals surface area contributed by atoms with Gasteiger partial charge in [-0.3, -0.25) is 0 Å². The second-order valence-electron chi connectivity index (χ2n) is 4.67. The Bertz CT molecular complexity index is 348. The lowest BCUT2D eigenvalue weighted by atomic mass is 10.1. The fraction of sp³-hybridized carbons (Fsp3) is 0.818. The zero-order valence-electron chi connectivity index (χ0n) is 10.1. The van der Waals surface area contributed by atoms with Gasteiger partial charge in [0.1, 0.15) is 5.82 Å². The normalized spacial score (nSPS) is 20.1. The predicted molar refractivity (Wildman–Crippen MR) is 61.3 cm³/mol. The van der Waals surface area contributed by atoms with E-state index in [2.05, 4.69) is 15.0 Å². The van der Waals surface area contributed by atoms with E-state index in [9.17, 15) is 5.11 Å². The molecule has 1 N–H and O–H groups in total. The van der Waals surface area contributed by atoms with Crippen molar-refractivity contribution >= 4 is 0 Å². The van der Waals surface area contributed by atoms with Crippen LogP contribution >= 0.6 is 0 Å². The molecule has 16 heavy (non-hydrogen) atoms. The fourth-order valence-corrected chi connectivity index (χ4v) is 2.08. The molecule has 0 amide bonds. The summed E-state index contributed by atoms with van der Waals surface area (Å²) in [6.45, 7) is 1.14. The summed E-state index contributed by atoms with van der Waals surface area (Å²) in [7, 11) is 4.10. The quantitative estimate of drug-likeness (QED) is 0.796. The first-order valence-electron chi connectivity index (χ1n) is 5.90. The van der Waals surface area contributed by atoms with Gasteiger partial charge in [-0.25, -0.2) is 9.67 Å². The number of hydrogen-bond donors (Lipinski definition) is 1. The lowest BCUT2D eigenvalue weighted by molar-refractivity contribution is 0.194. The largest absolute Gasteiger partial charge is 0.394 e. The van der Waals surface area contributed by atoms with Crippen LogP contribution in [0.5, 0.6) is 0 Å². The zero-order valence-corrected chi connectivity index (χ0v) is 10.1. The van der Waals surface area contributed by atoms with E-state index in [1.165, 1.54) is 0 Å². The Labute approximate surface area is 96.1 Å². The molecule has 1 aliphatic heterocycles. The topological polar surface area (TPSA) is 54.2 Å². The number of fused-ring (bicyclic) bond motifs is 1. The molecule has 0 bridgehead atoms. The highest BCUT2D eigenvalue weighted by Crippen LogP contribution is 2.22. The Morgan fingerprint density at radius 1 is 1.50 bits per heavy atom. The highest BCUT2D eigenvalue weighted by molar-refractivity contribution is 4.99.